The standard InChI is InChI=1S/C20H24F2N4O2/c1-26-12-14(2-3-17(26)27)10-13-6-9-24-16(11-13)25-19(28)18(23)15-4-7-20(21,22)8-5-15/h2-3,6,9,11-12,15,18H,4-5,7-8,10,23H2,1H3,(H,24,25,28). The molecular weight excluding hydrogens is 366 g/mol. The van der Waals surface area contributed by atoms with Crippen molar-refractivity contribution in [1.29, 1.82) is 0 Å². The molecule has 150 valence electrons. The van der Waals surface area contributed by atoms with E-state index in [-0.39, 0.29) is 37.2 Å². The highest BCUT2D eigenvalue weighted by Crippen LogP contribution is 2.37. The first-order chi connectivity index (χ1) is 13.2. The number of aryl methyl sites for hydroxylation is 1. The lowest BCUT2D eigenvalue weighted by atomic mass is 9.82. The van der Waals surface area contributed by atoms with Gasteiger partial charge in [-0.2, -0.15) is 0 Å². The number of pyridine rings is 2. The maximum atomic E-state index is 13.3. The maximum absolute atomic E-state index is 13.3. The summed E-state index contributed by atoms with van der Waals surface area (Å²) in [7, 11) is 1.69. The number of anilines is 1. The third-order valence-electron chi connectivity index (χ3n) is 5.20. The van der Waals surface area contributed by atoms with E-state index in [1.807, 2.05) is 6.07 Å². The number of carbonyl (C=O) groups is 1. The third kappa shape index (κ3) is 5.01. The quantitative estimate of drug-likeness (QED) is 0.821. The molecule has 1 amide bonds. The lowest BCUT2D eigenvalue weighted by Crippen LogP contribution is -2.44. The van der Waals surface area contributed by atoms with Gasteiger partial charge in [-0.3, -0.25) is 9.59 Å². The minimum Gasteiger partial charge on any atom is -0.320 e. The Labute approximate surface area is 161 Å². The summed E-state index contributed by atoms with van der Waals surface area (Å²) in [6.45, 7) is 0. The van der Waals surface area contributed by atoms with Gasteiger partial charge in [-0.25, -0.2) is 13.8 Å². The molecule has 1 saturated carbocycles. The number of carbonyl (C=O) groups excluding carboxylic acids is 1. The number of aromatic nitrogens is 2. The Bertz CT molecular complexity index is 903. The fraction of sp³-hybridized carbons (Fsp3) is 0.450. The first-order valence-corrected chi connectivity index (χ1v) is 9.28. The Hall–Kier alpha value is -2.61. The highest BCUT2D eigenvalue weighted by Gasteiger charge is 2.38. The lowest BCUT2D eigenvalue weighted by molar-refractivity contribution is -0.120. The van der Waals surface area contributed by atoms with Gasteiger partial charge in [0.05, 0.1) is 6.04 Å². The molecule has 2 aromatic heterocycles. The molecule has 1 unspecified atom stereocenters. The summed E-state index contributed by atoms with van der Waals surface area (Å²) in [6.07, 6.45) is 3.93. The molecule has 1 aliphatic carbocycles. The van der Waals surface area contributed by atoms with E-state index in [9.17, 15) is 18.4 Å². The molecule has 0 radical (unpaired) electrons. The zero-order valence-electron chi connectivity index (χ0n) is 15.7. The molecule has 3 rings (SSSR count). The van der Waals surface area contributed by atoms with Crippen LogP contribution in [-0.4, -0.2) is 27.4 Å². The van der Waals surface area contributed by atoms with E-state index in [4.69, 9.17) is 5.73 Å². The number of nitrogens with one attached hydrogen (secondary N) is 1. The Morgan fingerprint density at radius 1 is 1.32 bits per heavy atom. The molecule has 2 heterocycles. The zero-order chi connectivity index (χ0) is 20.3. The molecule has 0 aromatic carbocycles. The Kier molecular flexibility index (Phi) is 5.88. The topological polar surface area (TPSA) is 90.0 Å². The minimum absolute atomic E-state index is 0.0825. The second-order valence-electron chi connectivity index (χ2n) is 7.42. The Morgan fingerprint density at radius 3 is 2.71 bits per heavy atom. The van der Waals surface area contributed by atoms with Crippen LogP contribution < -0.4 is 16.6 Å². The van der Waals surface area contributed by atoms with Crippen LogP contribution in [0.5, 0.6) is 0 Å². The molecule has 0 bridgehead atoms. The fourth-order valence-corrected chi connectivity index (χ4v) is 3.49. The van der Waals surface area contributed by atoms with Gasteiger partial charge in [-0.1, -0.05) is 6.07 Å². The first kappa shape index (κ1) is 20.1. The minimum atomic E-state index is -2.65. The summed E-state index contributed by atoms with van der Waals surface area (Å²) in [5.74, 6) is -2.96. The van der Waals surface area contributed by atoms with Gasteiger partial charge in [0.25, 0.3) is 0 Å². The summed E-state index contributed by atoms with van der Waals surface area (Å²) in [4.78, 5) is 28.0. The van der Waals surface area contributed by atoms with E-state index in [1.165, 1.54) is 10.6 Å². The summed E-state index contributed by atoms with van der Waals surface area (Å²) < 4.78 is 28.1. The van der Waals surface area contributed by atoms with Crippen LogP contribution in [-0.2, 0) is 18.3 Å². The van der Waals surface area contributed by atoms with Crippen LogP contribution in [0.1, 0.15) is 36.8 Å². The molecule has 1 fully saturated rings. The van der Waals surface area contributed by atoms with Crippen LogP contribution in [0.15, 0.2) is 41.5 Å². The summed E-state index contributed by atoms with van der Waals surface area (Å²) in [5.41, 5.74) is 7.78. The van der Waals surface area contributed by atoms with E-state index >= 15 is 0 Å². The van der Waals surface area contributed by atoms with E-state index in [0.29, 0.717) is 12.2 Å². The number of rotatable bonds is 5. The van der Waals surface area contributed by atoms with Crippen LogP contribution >= 0.6 is 0 Å². The highest BCUT2D eigenvalue weighted by atomic mass is 19.3. The second kappa shape index (κ2) is 8.18. The van der Waals surface area contributed by atoms with E-state index in [2.05, 4.69) is 10.3 Å². The van der Waals surface area contributed by atoms with Crippen LogP contribution in [0, 0.1) is 5.92 Å². The molecule has 6 nitrogen and oxygen atoms in total. The molecule has 0 saturated heterocycles. The van der Waals surface area contributed by atoms with Crippen molar-refractivity contribution in [1.82, 2.24) is 9.55 Å². The van der Waals surface area contributed by atoms with Crippen LogP contribution in [0.25, 0.3) is 0 Å². The van der Waals surface area contributed by atoms with Crippen molar-refractivity contribution in [2.45, 2.75) is 44.1 Å². The summed E-state index contributed by atoms with van der Waals surface area (Å²) >= 11 is 0. The molecule has 2 aromatic rings. The van der Waals surface area contributed by atoms with E-state index in [0.717, 1.165) is 11.1 Å². The maximum Gasteiger partial charge on any atom is 0.250 e. The molecule has 28 heavy (non-hydrogen) atoms. The van der Waals surface area contributed by atoms with Gasteiger partial charge in [0.15, 0.2) is 0 Å². The van der Waals surface area contributed by atoms with Crippen molar-refractivity contribution in [2.75, 3.05) is 5.32 Å². The zero-order valence-corrected chi connectivity index (χ0v) is 15.7. The smallest absolute Gasteiger partial charge is 0.250 e. The Balaban J connectivity index is 1.62. The van der Waals surface area contributed by atoms with Gasteiger partial charge in [0.2, 0.25) is 17.4 Å². The second-order valence-corrected chi connectivity index (χ2v) is 7.42. The molecule has 0 aliphatic heterocycles. The number of halogens is 2. The number of hydrogen-bond acceptors (Lipinski definition) is 4. The largest absolute Gasteiger partial charge is 0.320 e. The van der Waals surface area contributed by atoms with Crippen LogP contribution in [0.4, 0.5) is 14.6 Å². The normalized spacial score (nSPS) is 17.9. The van der Waals surface area contributed by atoms with Crippen molar-refractivity contribution in [3.63, 3.8) is 0 Å². The van der Waals surface area contributed by atoms with Gasteiger partial charge in [-0.05, 0) is 48.4 Å². The molecule has 0 spiro atoms. The monoisotopic (exact) mass is 390 g/mol. The third-order valence-corrected chi connectivity index (χ3v) is 5.20. The number of nitrogens with zero attached hydrogens (tertiary/aromatic N) is 2. The van der Waals surface area contributed by atoms with Gasteiger partial charge in [0, 0.05) is 38.3 Å². The van der Waals surface area contributed by atoms with Gasteiger partial charge < -0.3 is 15.6 Å². The van der Waals surface area contributed by atoms with Gasteiger partial charge in [-0.15, -0.1) is 0 Å². The molecule has 8 heteroatoms. The summed E-state index contributed by atoms with van der Waals surface area (Å²) in [6, 6.07) is 5.99. The van der Waals surface area contributed by atoms with Crippen LogP contribution in [0.2, 0.25) is 0 Å². The number of hydrogen-bond donors (Lipinski definition) is 2. The van der Waals surface area contributed by atoms with Crippen molar-refractivity contribution < 1.29 is 13.6 Å². The van der Waals surface area contributed by atoms with E-state index in [1.54, 1.807) is 31.6 Å². The average molecular weight is 390 g/mol. The highest BCUT2D eigenvalue weighted by molar-refractivity contribution is 5.94. The first-order valence-electron chi connectivity index (χ1n) is 9.28. The van der Waals surface area contributed by atoms with Gasteiger partial charge in [0.1, 0.15) is 5.82 Å². The van der Waals surface area contributed by atoms with E-state index < -0.39 is 17.9 Å². The van der Waals surface area contributed by atoms with Crippen molar-refractivity contribution in [3.8, 4) is 0 Å². The molecule has 1 atom stereocenters. The SMILES string of the molecule is Cn1cc(Cc2ccnc(NC(=O)C(N)C3CCC(F)(F)CC3)c2)ccc1=O. The van der Waals surface area contributed by atoms with Crippen molar-refractivity contribution in [2.24, 2.45) is 18.7 Å². The lowest BCUT2D eigenvalue weighted by Gasteiger charge is -2.31. The number of alkyl halides is 2. The molecule has 3 N–H and O–H groups in total. The number of amides is 1. The molecular formula is C20H24F2N4O2. The average Bonchev–Trinajstić information content (AvgIpc) is 2.64. The molecule has 1 aliphatic rings. The van der Waals surface area contributed by atoms with Gasteiger partial charge >= 0.3 is 0 Å². The predicted octanol–water partition coefficient (Wildman–Crippen LogP) is 2.46. The van der Waals surface area contributed by atoms with Crippen LogP contribution in [0.3, 0.4) is 0 Å². The fourth-order valence-electron chi connectivity index (χ4n) is 3.49. The predicted molar refractivity (Wildman–Crippen MR) is 102 cm³/mol. The number of nitrogens with two attached hydrogens (primary N) is 1. The summed E-state index contributed by atoms with van der Waals surface area (Å²) in [5, 5.41) is 2.69. The Morgan fingerprint density at radius 2 is 2.04 bits per heavy atom. The van der Waals surface area contributed by atoms with Crippen molar-refractivity contribution in [3.05, 3.63) is 58.1 Å². The van der Waals surface area contributed by atoms with Crippen molar-refractivity contribution >= 4 is 11.7 Å².